The number of hydrogen-bond acceptors (Lipinski definition) is 16. The second-order valence-corrected chi connectivity index (χ2v) is 19.6. The lowest BCUT2D eigenvalue weighted by molar-refractivity contribution is 0.281. The van der Waals surface area contributed by atoms with E-state index in [2.05, 4.69) is 179 Å². The monoisotopic (exact) mass is 952 g/mol. The summed E-state index contributed by atoms with van der Waals surface area (Å²) in [7, 11) is 0. The lowest BCUT2D eigenvalue weighted by atomic mass is 9.78. The van der Waals surface area contributed by atoms with Crippen molar-refractivity contribution in [3.8, 4) is 0 Å². The number of nitrogens with zero attached hydrogens (tertiary/aromatic N) is 8. The van der Waals surface area contributed by atoms with Crippen molar-refractivity contribution in [3.63, 3.8) is 0 Å². The van der Waals surface area contributed by atoms with Gasteiger partial charge in [-0.1, -0.05) is 0 Å². The van der Waals surface area contributed by atoms with Crippen LogP contribution in [0.5, 0.6) is 0 Å². The van der Waals surface area contributed by atoms with Crippen molar-refractivity contribution in [1.29, 1.82) is 0 Å². The van der Waals surface area contributed by atoms with Crippen LogP contribution in [0.2, 0.25) is 0 Å². The molecule has 8 atom stereocenters. The Balaban J connectivity index is 1.02. The topological polar surface area (TPSA) is 199 Å². The zero-order chi connectivity index (χ0) is 47.8. The second kappa shape index (κ2) is 19.8. The van der Waals surface area contributed by atoms with Gasteiger partial charge in [0.15, 0.2) is 0 Å². The van der Waals surface area contributed by atoms with Crippen molar-refractivity contribution in [1.82, 2.24) is 82.4 Å². The van der Waals surface area contributed by atoms with Crippen LogP contribution in [0.4, 0.5) is 0 Å². The minimum atomic E-state index is -0.227. The average Bonchev–Trinajstić information content (AvgIpc) is 4.20. The number of hydrogen-bond donors (Lipinski definition) is 8. The molecule has 0 amide bonds. The van der Waals surface area contributed by atoms with Crippen LogP contribution in [0.1, 0.15) is 91.9 Å². The van der Waals surface area contributed by atoms with E-state index in [1.165, 1.54) is 44.5 Å². The second-order valence-electron chi connectivity index (χ2n) is 19.6. The highest BCUT2D eigenvalue weighted by molar-refractivity contribution is 5.40. The first-order chi connectivity index (χ1) is 35.7. The largest absolute Gasteiger partial charge is 0.285 e. The van der Waals surface area contributed by atoms with Crippen LogP contribution in [0.25, 0.3) is 0 Å². The Bertz CT molecular complexity index is 2380. The van der Waals surface area contributed by atoms with Crippen molar-refractivity contribution >= 4 is 0 Å². The molecule has 8 unspecified atom stereocenters. The molecule has 360 valence electrons. The molecule has 0 aliphatic carbocycles. The van der Waals surface area contributed by atoms with E-state index in [4.69, 9.17) is 0 Å². The summed E-state index contributed by atoms with van der Waals surface area (Å²) >= 11 is 0. The number of fused-ring (bicyclic) bond motifs is 8. The van der Waals surface area contributed by atoms with Crippen molar-refractivity contribution in [2.75, 3.05) is 0 Å². The van der Waals surface area contributed by atoms with Gasteiger partial charge in [0.2, 0.25) is 0 Å². The molecule has 16 nitrogen and oxygen atoms in total. The molecule has 0 spiro atoms. The predicted octanol–water partition coefficient (Wildman–Crippen LogP) is 4.81. The van der Waals surface area contributed by atoms with E-state index < -0.39 is 0 Å². The Morgan fingerprint density at radius 2 is 0.264 bits per heavy atom. The fourth-order valence-electron chi connectivity index (χ4n) is 13.1. The van der Waals surface area contributed by atoms with Gasteiger partial charge in [-0.2, -0.15) is 0 Å². The molecule has 13 heterocycles. The number of nitrogens with one attached hydrogen (secondary N) is 8. The van der Waals surface area contributed by atoms with Crippen molar-refractivity contribution in [3.05, 3.63) is 241 Å². The summed E-state index contributed by atoms with van der Waals surface area (Å²) in [6.45, 7) is 0. The van der Waals surface area contributed by atoms with Crippen molar-refractivity contribution < 1.29 is 0 Å². The lowest BCUT2D eigenvalue weighted by Gasteiger charge is -2.32. The zero-order valence-corrected chi connectivity index (χ0v) is 39.3. The summed E-state index contributed by atoms with van der Waals surface area (Å²) in [5.74, 6) is -0.367. The molecule has 16 heteroatoms. The first-order valence-electron chi connectivity index (χ1n) is 25.0. The Kier molecular flexibility index (Phi) is 12.3. The Hall–Kier alpha value is -7.12. The fraction of sp³-hybridized carbons (Fsp3) is 0.286. The molecule has 0 aromatic carbocycles. The summed E-state index contributed by atoms with van der Waals surface area (Å²) in [4.78, 5) is 36.1. The molecule has 5 saturated heterocycles. The minimum absolute atomic E-state index is 0.0459. The minimum Gasteiger partial charge on any atom is -0.285 e. The first-order valence-corrected chi connectivity index (χ1v) is 25.0. The van der Waals surface area contributed by atoms with Gasteiger partial charge in [-0.25, -0.2) is 0 Å². The van der Waals surface area contributed by atoms with Gasteiger partial charge in [0.25, 0.3) is 0 Å². The van der Waals surface area contributed by atoms with Crippen LogP contribution < -0.4 is 42.5 Å². The van der Waals surface area contributed by atoms with E-state index in [0.717, 1.165) is 0 Å². The zero-order valence-electron chi connectivity index (χ0n) is 39.3. The molecule has 5 aliphatic heterocycles. The van der Waals surface area contributed by atoms with E-state index in [1.54, 1.807) is 0 Å². The smallest absolute Gasteiger partial charge is 0.0673 e. The SMILES string of the molecule is c1cc(C2C3NC(NC4NC(NC5NC(NC6NC(N3)C(c3ccncc3)C6c3ccncc3)C(c3ccncc3)C5c3ccncc3)C(c3ccncc3)C4c3ccncc3)C2c2ccncc2)ccn1. The lowest BCUT2D eigenvalue weighted by Crippen LogP contribution is -2.61. The third-order valence-electron chi connectivity index (χ3n) is 16.0. The maximum absolute atomic E-state index is 4.51. The molecule has 8 aromatic heterocycles. The first kappa shape index (κ1) is 44.8. The van der Waals surface area contributed by atoms with Gasteiger partial charge in [-0.05, 0) is 142 Å². The normalized spacial score (nSPS) is 33.1. The van der Waals surface area contributed by atoms with Gasteiger partial charge in [0.05, 0.1) is 49.3 Å². The highest BCUT2D eigenvalue weighted by Crippen LogP contribution is 2.50. The molecule has 5 fully saturated rings. The predicted molar refractivity (Wildman–Crippen MR) is 271 cm³/mol. The van der Waals surface area contributed by atoms with E-state index in [9.17, 15) is 0 Å². The molecule has 13 rings (SSSR count). The Morgan fingerprint density at radius 3 is 0.361 bits per heavy atom. The number of aromatic nitrogens is 8. The summed E-state index contributed by atoms with van der Waals surface area (Å²) in [5, 5.41) is 34.1. The average molecular weight is 953 g/mol. The molecule has 5 aliphatic rings. The highest BCUT2D eigenvalue weighted by atomic mass is 15.4. The molecule has 72 heavy (non-hydrogen) atoms. The van der Waals surface area contributed by atoms with Gasteiger partial charge < -0.3 is 0 Å². The van der Waals surface area contributed by atoms with Gasteiger partial charge in [-0.15, -0.1) is 0 Å². The fourth-order valence-corrected chi connectivity index (χ4v) is 13.1. The van der Waals surface area contributed by atoms with Crippen molar-refractivity contribution in [2.24, 2.45) is 0 Å². The van der Waals surface area contributed by atoms with Gasteiger partial charge >= 0.3 is 0 Å². The van der Waals surface area contributed by atoms with Crippen LogP contribution in [0.15, 0.2) is 196 Å². The molecular weight excluding hydrogens is 897 g/mol. The standard InChI is InChI=1S/C56H56N16/c1-17-57-18-2-33(1)41-42(34-3-19-58-20-4-34)50-65-49(41)69-51-43(35-5-21-59-22-6-35)44(36-7-23-60-24-8-36)53(66-51)71-55-47(39-13-29-63-30-14-39)48(40-15-31-64-32-16-40)56(68-55)72-54-46(38-11-27-62-28-12-38)45(52(67-54)70-50)37-9-25-61-26-10-37/h1-32,41-56,65-72H. The van der Waals surface area contributed by atoms with Crippen molar-refractivity contribution in [2.45, 2.75) is 96.7 Å². The van der Waals surface area contributed by atoms with E-state index >= 15 is 0 Å². The van der Waals surface area contributed by atoms with Gasteiger partial charge in [-0.3, -0.25) is 82.4 Å². The van der Waals surface area contributed by atoms with Crippen LogP contribution in [-0.2, 0) is 0 Å². The number of pyridine rings is 8. The maximum atomic E-state index is 4.51. The summed E-state index contributed by atoms with van der Waals surface area (Å²) < 4.78 is 0. The Morgan fingerprint density at radius 1 is 0.167 bits per heavy atom. The maximum Gasteiger partial charge on any atom is 0.0673 e. The number of rotatable bonds is 8. The van der Waals surface area contributed by atoms with Crippen LogP contribution >= 0.6 is 0 Å². The van der Waals surface area contributed by atoms with Gasteiger partial charge in [0, 0.05) is 146 Å². The summed E-state index contributed by atoms with van der Waals surface area (Å²) in [5.41, 5.74) is 9.45. The van der Waals surface area contributed by atoms with Crippen LogP contribution in [0.3, 0.4) is 0 Å². The van der Waals surface area contributed by atoms with E-state index in [-0.39, 0.29) is 96.7 Å². The van der Waals surface area contributed by atoms with Gasteiger partial charge in [0.1, 0.15) is 0 Å². The van der Waals surface area contributed by atoms with E-state index in [0.29, 0.717) is 0 Å². The van der Waals surface area contributed by atoms with Crippen LogP contribution in [-0.4, -0.2) is 89.2 Å². The van der Waals surface area contributed by atoms with E-state index in [1.807, 2.05) is 99.1 Å². The van der Waals surface area contributed by atoms with Crippen LogP contribution in [0, 0.1) is 0 Å². The molecular formula is C56H56N16. The Labute approximate surface area is 418 Å². The highest BCUT2D eigenvalue weighted by Gasteiger charge is 2.55. The molecule has 0 saturated carbocycles. The summed E-state index contributed by atoms with van der Waals surface area (Å²) in [6, 6.07) is 34.7. The quantitative estimate of drug-likeness (QED) is 0.103. The molecule has 8 bridgehead atoms. The third kappa shape index (κ3) is 8.44. The molecule has 8 aromatic rings. The third-order valence-corrected chi connectivity index (χ3v) is 16.0. The molecule has 8 N–H and O–H groups in total. The summed E-state index contributed by atoms with van der Waals surface area (Å²) in [6.07, 6.45) is 28.7. The molecule has 0 radical (unpaired) electrons.